The molecule has 0 amide bonds. The lowest BCUT2D eigenvalue weighted by Gasteiger charge is -2.30. The van der Waals surface area contributed by atoms with Crippen molar-refractivity contribution in [2.24, 2.45) is 10.7 Å². The summed E-state index contributed by atoms with van der Waals surface area (Å²) in [6.45, 7) is 3.08. The van der Waals surface area contributed by atoms with Crippen LogP contribution in [-0.2, 0) is 10.3 Å². The predicted octanol–water partition coefficient (Wildman–Crippen LogP) is 1.89. The number of benzene rings is 1. The first-order valence-electron chi connectivity index (χ1n) is 4.78. The smallest absolute Gasteiger partial charge is 0.121 e. The molecule has 1 aromatic carbocycles. The SMILES string of the molecule is C[C@]1(c2cccc(I)c2)COCC(N)=N1. The van der Waals surface area contributed by atoms with Crippen molar-refractivity contribution in [3.8, 4) is 0 Å². The fraction of sp³-hybridized carbons (Fsp3) is 0.364. The van der Waals surface area contributed by atoms with E-state index in [-0.39, 0.29) is 5.54 Å². The second-order valence-corrected chi connectivity index (χ2v) is 5.13. The Morgan fingerprint density at radius 3 is 3.00 bits per heavy atom. The van der Waals surface area contributed by atoms with Gasteiger partial charge in [-0.3, -0.25) is 4.99 Å². The second kappa shape index (κ2) is 4.09. The number of rotatable bonds is 1. The summed E-state index contributed by atoms with van der Waals surface area (Å²) in [5.74, 6) is 0.572. The van der Waals surface area contributed by atoms with E-state index >= 15 is 0 Å². The van der Waals surface area contributed by atoms with Crippen molar-refractivity contribution >= 4 is 28.4 Å². The van der Waals surface area contributed by atoms with Gasteiger partial charge in [-0.05, 0) is 47.2 Å². The van der Waals surface area contributed by atoms with Gasteiger partial charge in [0.05, 0.1) is 6.61 Å². The van der Waals surface area contributed by atoms with Gasteiger partial charge in [0.15, 0.2) is 0 Å². The predicted molar refractivity (Wildman–Crippen MR) is 69.0 cm³/mol. The third kappa shape index (κ3) is 2.31. The summed E-state index contributed by atoms with van der Waals surface area (Å²) in [7, 11) is 0. The van der Waals surface area contributed by atoms with Crippen molar-refractivity contribution in [2.45, 2.75) is 12.5 Å². The highest BCUT2D eigenvalue weighted by molar-refractivity contribution is 14.1. The zero-order valence-corrected chi connectivity index (χ0v) is 10.7. The summed E-state index contributed by atoms with van der Waals surface area (Å²) >= 11 is 2.29. The summed E-state index contributed by atoms with van der Waals surface area (Å²) in [6.07, 6.45) is 0. The largest absolute Gasteiger partial charge is 0.386 e. The minimum Gasteiger partial charge on any atom is -0.386 e. The average molecular weight is 316 g/mol. The van der Waals surface area contributed by atoms with E-state index < -0.39 is 0 Å². The zero-order chi connectivity index (χ0) is 10.9. The molecular weight excluding hydrogens is 303 g/mol. The van der Waals surface area contributed by atoms with Crippen LogP contribution >= 0.6 is 22.6 Å². The number of amidine groups is 1. The third-order valence-electron chi connectivity index (χ3n) is 2.47. The van der Waals surface area contributed by atoms with Crippen LogP contribution < -0.4 is 5.73 Å². The first-order valence-corrected chi connectivity index (χ1v) is 5.86. The molecule has 0 unspecified atom stereocenters. The van der Waals surface area contributed by atoms with Gasteiger partial charge in [0.1, 0.15) is 18.0 Å². The molecule has 2 rings (SSSR count). The molecule has 1 aliphatic heterocycles. The highest BCUT2D eigenvalue weighted by atomic mass is 127. The van der Waals surface area contributed by atoms with E-state index in [1.165, 1.54) is 3.57 Å². The molecule has 0 spiro atoms. The lowest BCUT2D eigenvalue weighted by atomic mass is 9.93. The van der Waals surface area contributed by atoms with E-state index in [1.807, 2.05) is 13.0 Å². The van der Waals surface area contributed by atoms with Gasteiger partial charge in [-0.15, -0.1) is 0 Å². The molecule has 1 aromatic rings. The zero-order valence-electron chi connectivity index (χ0n) is 8.53. The Morgan fingerprint density at radius 2 is 2.33 bits per heavy atom. The van der Waals surface area contributed by atoms with Gasteiger partial charge < -0.3 is 10.5 Å². The van der Waals surface area contributed by atoms with Gasteiger partial charge in [0.25, 0.3) is 0 Å². The van der Waals surface area contributed by atoms with E-state index in [9.17, 15) is 0 Å². The van der Waals surface area contributed by atoms with Crippen molar-refractivity contribution < 1.29 is 4.74 Å². The van der Waals surface area contributed by atoms with Crippen LogP contribution in [0.5, 0.6) is 0 Å². The van der Waals surface area contributed by atoms with E-state index in [1.54, 1.807) is 0 Å². The molecule has 4 heteroatoms. The molecule has 3 nitrogen and oxygen atoms in total. The Bertz CT molecular complexity index is 405. The Balaban J connectivity index is 2.41. The van der Waals surface area contributed by atoms with Gasteiger partial charge in [-0.25, -0.2) is 0 Å². The molecule has 80 valence electrons. The quantitative estimate of drug-likeness (QED) is 0.805. The van der Waals surface area contributed by atoms with Crippen LogP contribution in [0.25, 0.3) is 0 Å². The molecule has 2 N–H and O–H groups in total. The summed E-state index contributed by atoms with van der Waals surface area (Å²) in [4.78, 5) is 4.49. The Labute approximate surface area is 103 Å². The minimum atomic E-state index is -0.330. The maximum absolute atomic E-state index is 5.71. The molecule has 1 atom stereocenters. The van der Waals surface area contributed by atoms with Crippen LogP contribution in [0.15, 0.2) is 29.3 Å². The van der Waals surface area contributed by atoms with Gasteiger partial charge in [0, 0.05) is 3.57 Å². The number of ether oxygens (including phenoxy) is 1. The molecule has 0 bridgehead atoms. The number of hydrogen-bond acceptors (Lipinski definition) is 3. The first-order chi connectivity index (χ1) is 7.10. The molecule has 0 saturated carbocycles. The normalized spacial score (nSPS) is 26.1. The van der Waals surface area contributed by atoms with Crippen molar-refractivity contribution in [1.29, 1.82) is 0 Å². The standard InChI is InChI=1S/C11H13IN2O/c1-11(7-15-6-10(13)14-11)8-3-2-4-9(12)5-8/h2-5H,6-7H2,1H3,(H2,13,14)/t11-/m1/s1. The fourth-order valence-electron chi connectivity index (χ4n) is 1.71. The van der Waals surface area contributed by atoms with Crippen LogP contribution in [0.3, 0.4) is 0 Å². The molecule has 0 radical (unpaired) electrons. The van der Waals surface area contributed by atoms with Crippen LogP contribution in [0.2, 0.25) is 0 Å². The summed E-state index contributed by atoms with van der Waals surface area (Å²) in [5.41, 5.74) is 6.53. The van der Waals surface area contributed by atoms with E-state index in [4.69, 9.17) is 10.5 Å². The Kier molecular flexibility index (Phi) is 2.97. The van der Waals surface area contributed by atoms with E-state index in [2.05, 4.69) is 45.8 Å². The second-order valence-electron chi connectivity index (χ2n) is 3.88. The van der Waals surface area contributed by atoms with Crippen LogP contribution in [0, 0.1) is 3.57 Å². The number of halogens is 1. The van der Waals surface area contributed by atoms with E-state index in [0.29, 0.717) is 19.0 Å². The van der Waals surface area contributed by atoms with Gasteiger partial charge in [-0.2, -0.15) is 0 Å². The molecular formula is C11H13IN2O. The topological polar surface area (TPSA) is 47.6 Å². The number of nitrogens with two attached hydrogens (primary N) is 1. The average Bonchev–Trinajstić information content (AvgIpc) is 2.17. The van der Waals surface area contributed by atoms with Gasteiger partial charge in [0.2, 0.25) is 0 Å². The first kappa shape index (κ1) is 10.9. The Morgan fingerprint density at radius 1 is 1.53 bits per heavy atom. The monoisotopic (exact) mass is 316 g/mol. The minimum absolute atomic E-state index is 0.330. The maximum Gasteiger partial charge on any atom is 0.121 e. The fourth-order valence-corrected chi connectivity index (χ4v) is 2.25. The van der Waals surface area contributed by atoms with Gasteiger partial charge in [-0.1, -0.05) is 12.1 Å². The summed E-state index contributed by atoms with van der Waals surface area (Å²) in [6, 6.07) is 8.27. The molecule has 0 aliphatic carbocycles. The van der Waals surface area contributed by atoms with Gasteiger partial charge >= 0.3 is 0 Å². The van der Waals surface area contributed by atoms with Crippen LogP contribution in [-0.4, -0.2) is 19.0 Å². The highest BCUT2D eigenvalue weighted by Crippen LogP contribution is 2.28. The number of aliphatic imine (C=N–C) groups is 1. The third-order valence-corrected chi connectivity index (χ3v) is 3.14. The van der Waals surface area contributed by atoms with Crippen molar-refractivity contribution in [3.63, 3.8) is 0 Å². The van der Waals surface area contributed by atoms with E-state index in [0.717, 1.165) is 5.56 Å². The number of nitrogens with zero attached hydrogens (tertiary/aromatic N) is 1. The Hall–Kier alpha value is -0.620. The van der Waals surface area contributed by atoms with Crippen molar-refractivity contribution in [3.05, 3.63) is 33.4 Å². The van der Waals surface area contributed by atoms with Crippen molar-refractivity contribution in [2.75, 3.05) is 13.2 Å². The maximum atomic E-state index is 5.71. The molecule has 1 aliphatic rings. The van der Waals surface area contributed by atoms with Crippen molar-refractivity contribution in [1.82, 2.24) is 0 Å². The summed E-state index contributed by atoms with van der Waals surface area (Å²) < 4.78 is 6.63. The molecule has 1 heterocycles. The molecule has 0 fully saturated rings. The number of hydrogen-bond donors (Lipinski definition) is 1. The van der Waals surface area contributed by atoms with Crippen LogP contribution in [0.4, 0.5) is 0 Å². The molecule has 0 aromatic heterocycles. The van der Waals surface area contributed by atoms with Crippen LogP contribution in [0.1, 0.15) is 12.5 Å². The lowest BCUT2D eigenvalue weighted by Crippen LogP contribution is -2.37. The highest BCUT2D eigenvalue weighted by Gasteiger charge is 2.29. The summed E-state index contributed by atoms with van der Waals surface area (Å²) in [5, 5.41) is 0. The molecule has 0 saturated heterocycles. The molecule has 15 heavy (non-hydrogen) atoms. The lowest BCUT2D eigenvalue weighted by molar-refractivity contribution is 0.106.